The van der Waals surface area contributed by atoms with E-state index in [1.807, 2.05) is 30.3 Å². The zero-order valence-electron chi connectivity index (χ0n) is 17.3. The van der Waals surface area contributed by atoms with Crippen molar-refractivity contribution in [2.45, 2.75) is 18.9 Å². The normalized spacial score (nSPS) is 14.6. The molecular formula is C23H25N5O3. The number of hydrogen-bond acceptors (Lipinski definition) is 7. The number of hydrogen-bond donors (Lipinski definition) is 3. The summed E-state index contributed by atoms with van der Waals surface area (Å²) in [5.74, 6) is 0.428. The number of ether oxygens (including phenoxy) is 1. The van der Waals surface area contributed by atoms with Crippen LogP contribution in [0.15, 0.2) is 58.1 Å². The molecule has 2 aromatic carbocycles. The monoisotopic (exact) mass is 419 g/mol. The molecule has 160 valence electrons. The van der Waals surface area contributed by atoms with Gasteiger partial charge >= 0.3 is 0 Å². The molecule has 2 heterocycles. The second-order valence-corrected chi connectivity index (χ2v) is 7.30. The highest BCUT2D eigenvalue weighted by Crippen LogP contribution is 2.30. The van der Waals surface area contributed by atoms with E-state index in [1.165, 1.54) is 13.4 Å². The summed E-state index contributed by atoms with van der Waals surface area (Å²) in [5, 5.41) is 6.16. The maximum Gasteiger partial charge on any atom is 0.277 e. The van der Waals surface area contributed by atoms with E-state index in [9.17, 15) is 4.79 Å². The van der Waals surface area contributed by atoms with E-state index >= 15 is 0 Å². The molecule has 31 heavy (non-hydrogen) atoms. The van der Waals surface area contributed by atoms with Gasteiger partial charge in [-0.1, -0.05) is 18.2 Å². The third-order valence-electron chi connectivity index (χ3n) is 5.14. The summed E-state index contributed by atoms with van der Waals surface area (Å²) in [6.07, 6.45) is 5.09. The Morgan fingerprint density at radius 1 is 1.29 bits per heavy atom. The van der Waals surface area contributed by atoms with Crippen LogP contribution in [-0.4, -0.2) is 43.3 Å². The minimum absolute atomic E-state index is 0.169. The van der Waals surface area contributed by atoms with Gasteiger partial charge < -0.3 is 25.5 Å². The van der Waals surface area contributed by atoms with Crippen molar-refractivity contribution in [3.63, 3.8) is 0 Å². The average Bonchev–Trinajstić information content (AvgIpc) is 3.31. The van der Waals surface area contributed by atoms with Gasteiger partial charge in [0.2, 0.25) is 5.89 Å². The number of benzene rings is 2. The van der Waals surface area contributed by atoms with Crippen LogP contribution in [0.5, 0.6) is 5.75 Å². The number of methoxy groups -OCH3 is 1. The molecule has 1 fully saturated rings. The lowest BCUT2D eigenvalue weighted by Gasteiger charge is -2.19. The molecule has 3 aromatic rings. The molecule has 8 heteroatoms. The average molecular weight is 419 g/mol. The summed E-state index contributed by atoms with van der Waals surface area (Å²) in [6, 6.07) is 13.1. The largest absolute Gasteiger partial charge is 0.494 e. The van der Waals surface area contributed by atoms with Crippen LogP contribution in [0.3, 0.4) is 0 Å². The first-order chi connectivity index (χ1) is 15.1. The lowest BCUT2D eigenvalue weighted by atomic mass is 10.1. The predicted molar refractivity (Wildman–Crippen MR) is 121 cm³/mol. The van der Waals surface area contributed by atoms with Gasteiger partial charge in [0.05, 0.1) is 18.8 Å². The van der Waals surface area contributed by atoms with E-state index in [2.05, 4.69) is 20.6 Å². The first-order valence-electron chi connectivity index (χ1n) is 10.2. The molecule has 0 aliphatic carbocycles. The Labute approximate surface area is 180 Å². The van der Waals surface area contributed by atoms with Gasteiger partial charge in [-0.3, -0.25) is 9.79 Å². The molecule has 1 saturated heterocycles. The highest BCUT2D eigenvalue weighted by molar-refractivity contribution is 6.04. The van der Waals surface area contributed by atoms with Crippen LogP contribution in [0.2, 0.25) is 0 Å². The zero-order chi connectivity index (χ0) is 21.6. The number of rotatable bonds is 6. The Morgan fingerprint density at radius 2 is 2.06 bits per heavy atom. The number of carbonyl (C=O) groups is 1. The molecule has 4 N–H and O–H groups in total. The Bertz CT molecular complexity index is 1070. The summed E-state index contributed by atoms with van der Waals surface area (Å²) < 4.78 is 10.9. The van der Waals surface area contributed by atoms with Gasteiger partial charge in [-0.25, -0.2) is 4.98 Å². The van der Waals surface area contributed by atoms with Gasteiger partial charge in [0.15, 0.2) is 5.69 Å². The van der Waals surface area contributed by atoms with Crippen molar-refractivity contribution in [3.8, 4) is 17.2 Å². The van der Waals surface area contributed by atoms with Crippen molar-refractivity contribution < 1.29 is 13.9 Å². The molecule has 4 rings (SSSR count). The standard InChI is InChI=1S/C23H25N5O3/c1-30-21-12-18(24)16(13-26-17-7-9-25-10-8-17)11-19(21)27-22(29)20-14-31-23(28-20)15-5-3-2-4-6-15/h2-6,11-14,17,25H,7-10,24H2,1H3,(H,27,29). The summed E-state index contributed by atoms with van der Waals surface area (Å²) in [7, 11) is 1.52. The molecule has 1 amide bonds. The van der Waals surface area contributed by atoms with Gasteiger partial charge in [0, 0.05) is 29.1 Å². The van der Waals surface area contributed by atoms with Crippen molar-refractivity contribution in [1.29, 1.82) is 0 Å². The van der Waals surface area contributed by atoms with E-state index in [0.29, 0.717) is 23.0 Å². The molecule has 1 aliphatic heterocycles. The maximum absolute atomic E-state index is 12.8. The number of nitrogens with two attached hydrogens (primary N) is 1. The Balaban J connectivity index is 1.53. The van der Waals surface area contributed by atoms with Crippen molar-refractivity contribution in [1.82, 2.24) is 10.3 Å². The van der Waals surface area contributed by atoms with Crippen molar-refractivity contribution in [2.24, 2.45) is 4.99 Å². The predicted octanol–water partition coefficient (Wildman–Crippen LogP) is 3.36. The first-order valence-corrected chi connectivity index (χ1v) is 10.2. The van der Waals surface area contributed by atoms with Crippen molar-refractivity contribution in [2.75, 3.05) is 31.2 Å². The second-order valence-electron chi connectivity index (χ2n) is 7.30. The number of oxazole rings is 1. The van der Waals surface area contributed by atoms with Crippen LogP contribution in [0, 0.1) is 0 Å². The molecule has 1 aromatic heterocycles. The molecule has 0 spiro atoms. The minimum Gasteiger partial charge on any atom is -0.494 e. The van der Waals surface area contributed by atoms with Crippen molar-refractivity contribution >= 4 is 23.5 Å². The Morgan fingerprint density at radius 3 is 2.81 bits per heavy atom. The summed E-state index contributed by atoms with van der Waals surface area (Å²) in [4.78, 5) is 21.7. The minimum atomic E-state index is -0.407. The number of nitrogens with zero attached hydrogens (tertiary/aromatic N) is 2. The molecule has 1 aliphatic rings. The van der Waals surface area contributed by atoms with Gasteiger partial charge in [-0.15, -0.1) is 0 Å². The van der Waals surface area contributed by atoms with Crippen LogP contribution in [0.1, 0.15) is 28.9 Å². The van der Waals surface area contributed by atoms with Gasteiger partial charge in [0.25, 0.3) is 5.91 Å². The fraction of sp³-hybridized carbons (Fsp3) is 0.261. The summed E-state index contributed by atoms with van der Waals surface area (Å²) in [5.41, 5.74) is 8.87. The quantitative estimate of drug-likeness (QED) is 0.417. The van der Waals surface area contributed by atoms with E-state index < -0.39 is 5.91 Å². The highest BCUT2D eigenvalue weighted by atomic mass is 16.5. The molecule has 8 nitrogen and oxygen atoms in total. The number of nitrogen functional groups attached to an aromatic ring is 1. The van der Waals surface area contributed by atoms with Crippen molar-refractivity contribution in [3.05, 3.63) is 60.0 Å². The number of aliphatic imine (C=N–C) groups is 1. The Hall–Kier alpha value is -3.65. The van der Waals surface area contributed by atoms with E-state index in [4.69, 9.17) is 14.9 Å². The van der Waals surface area contributed by atoms with Crippen LogP contribution >= 0.6 is 0 Å². The summed E-state index contributed by atoms with van der Waals surface area (Å²) >= 11 is 0. The van der Waals surface area contributed by atoms with E-state index in [0.717, 1.165) is 37.1 Å². The smallest absolute Gasteiger partial charge is 0.277 e. The number of piperidine rings is 1. The van der Waals surface area contributed by atoms with Gasteiger partial charge in [-0.05, 0) is 44.1 Å². The number of aromatic nitrogens is 1. The zero-order valence-corrected chi connectivity index (χ0v) is 17.3. The fourth-order valence-electron chi connectivity index (χ4n) is 3.41. The molecule has 0 radical (unpaired) electrons. The summed E-state index contributed by atoms with van der Waals surface area (Å²) in [6.45, 7) is 1.92. The topological polar surface area (TPSA) is 115 Å². The molecular weight excluding hydrogens is 394 g/mol. The second kappa shape index (κ2) is 9.44. The molecule has 0 atom stereocenters. The van der Waals surface area contributed by atoms with Crippen LogP contribution in [0.25, 0.3) is 11.5 Å². The Kier molecular flexibility index (Phi) is 6.28. The lowest BCUT2D eigenvalue weighted by Crippen LogP contribution is -2.29. The van der Waals surface area contributed by atoms with E-state index in [1.54, 1.807) is 18.3 Å². The first kappa shape index (κ1) is 20.6. The maximum atomic E-state index is 12.8. The number of anilines is 2. The third-order valence-corrected chi connectivity index (χ3v) is 5.14. The highest BCUT2D eigenvalue weighted by Gasteiger charge is 2.17. The number of amides is 1. The lowest BCUT2D eigenvalue weighted by molar-refractivity contribution is 0.102. The SMILES string of the molecule is COc1cc(N)c(C=NC2CCNCC2)cc1NC(=O)c1coc(-c2ccccc2)n1. The van der Waals surface area contributed by atoms with Crippen LogP contribution in [0.4, 0.5) is 11.4 Å². The van der Waals surface area contributed by atoms with Gasteiger partial charge in [0.1, 0.15) is 12.0 Å². The fourth-order valence-corrected chi connectivity index (χ4v) is 3.41. The van der Waals surface area contributed by atoms with E-state index in [-0.39, 0.29) is 11.7 Å². The molecule has 0 unspecified atom stereocenters. The molecule has 0 bridgehead atoms. The number of carbonyl (C=O) groups excluding carboxylic acids is 1. The van der Waals surface area contributed by atoms with Crippen LogP contribution in [-0.2, 0) is 0 Å². The van der Waals surface area contributed by atoms with Gasteiger partial charge in [-0.2, -0.15) is 0 Å². The number of nitrogens with one attached hydrogen (secondary N) is 2. The molecule has 0 saturated carbocycles. The third kappa shape index (κ3) is 4.92. The van der Waals surface area contributed by atoms with Crippen LogP contribution < -0.4 is 21.1 Å².